The molecule has 5 rings (SSSR count). The van der Waals surface area contributed by atoms with Gasteiger partial charge < -0.3 is 10.1 Å². The molecule has 4 heterocycles. The van der Waals surface area contributed by atoms with Crippen molar-refractivity contribution < 1.29 is 9.53 Å². The standard InChI is InChI=1S/C29H40N4O2/c34-29(31-20-28-2-1-19-35-28)27-5-3-23(4-6-27)21-32-15-9-25(10-16-32)26-11-17-33(18-12-26)22-24-7-13-30-14-8-24/h3-8,13-14,25-26,28H,1-2,9-12,15-22H2,(H,31,34). The number of hydrogen-bond donors (Lipinski definition) is 1. The van der Waals surface area contributed by atoms with Gasteiger partial charge in [0.15, 0.2) is 0 Å². The van der Waals surface area contributed by atoms with Crippen LogP contribution in [0.15, 0.2) is 48.8 Å². The Labute approximate surface area is 210 Å². The average molecular weight is 477 g/mol. The molecular formula is C29H40N4O2. The largest absolute Gasteiger partial charge is 0.376 e. The molecule has 6 nitrogen and oxygen atoms in total. The third-order valence-electron chi connectivity index (χ3n) is 8.22. The highest BCUT2D eigenvalue weighted by molar-refractivity contribution is 5.94. The van der Waals surface area contributed by atoms with Crippen LogP contribution in [0.3, 0.4) is 0 Å². The summed E-state index contributed by atoms with van der Waals surface area (Å²) in [6.45, 7) is 8.29. The van der Waals surface area contributed by atoms with Crippen LogP contribution in [0, 0.1) is 11.8 Å². The number of rotatable bonds is 8. The number of carbonyl (C=O) groups excluding carboxylic acids is 1. The van der Waals surface area contributed by atoms with Crippen LogP contribution in [0.2, 0.25) is 0 Å². The highest BCUT2D eigenvalue weighted by Gasteiger charge is 2.29. The van der Waals surface area contributed by atoms with Crippen LogP contribution in [-0.4, -0.2) is 66.1 Å². The molecule has 35 heavy (non-hydrogen) atoms. The zero-order chi connectivity index (χ0) is 23.9. The quantitative estimate of drug-likeness (QED) is 0.621. The number of benzene rings is 1. The van der Waals surface area contributed by atoms with Gasteiger partial charge in [0.1, 0.15) is 0 Å². The lowest BCUT2D eigenvalue weighted by Crippen LogP contribution is -2.40. The van der Waals surface area contributed by atoms with Crippen LogP contribution >= 0.6 is 0 Å². The van der Waals surface area contributed by atoms with Gasteiger partial charge in [-0.15, -0.1) is 0 Å². The van der Waals surface area contributed by atoms with Crippen molar-refractivity contribution in [2.45, 2.75) is 57.7 Å². The lowest BCUT2D eigenvalue weighted by atomic mass is 9.78. The molecule has 6 heteroatoms. The van der Waals surface area contributed by atoms with E-state index in [4.69, 9.17) is 4.74 Å². The number of carbonyl (C=O) groups is 1. The monoisotopic (exact) mass is 476 g/mol. The second kappa shape index (κ2) is 12.1. The van der Waals surface area contributed by atoms with Gasteiger partial charge >= 0.3 is 0 Å². The summed E-state index contributed by atoms with van der Waals surface area (Å²) in [5.74, 6) is 1.77. The maximum absolute atomic E-state index is 12.4. The highest BCUT2D eigenvalue weighted by Crippen LogP contribution is 2.33. The Hall–Kier alpha value is -2.28. The maximum atomic E-state index is 12.4. The highest BCUT2D eigenvalue weighted by atomic mass is 16.5. The first-order valence-electron chi connectivity index (χ1n) is 13.6. The van der Waals surface area contributed by atoms with E-state index in [-0.39, 0.29) is 12.0 Å². The normalized spacial score (nSPS) is 22.9. The van der Waals surface area contributed by atoms with Crippen molar-refractivity contribution in [1.82, 2.24) is 20.1 Å². The van der Waals surface area contributed by atoms with Gasteiger partial charge in [-0.3, -0.25) is 19.6 Å². The first-order chi connectivity index (χ1) is 17.2. The lowest BCUT2D eigenvalue weighted by molar-refractivity contribution is 0.0857. The first-order valence-corrected chi connectivity index (χ1v) is 13.6. The Morgan fingerprint density at radius 1 is 0.829 bits per heavy atom. The summed E-state index contributed by atoms with van der Waals surface area (Å²) in [5.41, 5.74) is 3.41. The smallest absolute Gasteiger partial charge is 0.251 e. The predicted octanol–water partition coefficient (Wildman–Crippen LogP) is 4.11. The SMILES string of the molecule is O=C(NCC1CCCO1)c1ccc(CN2CCC(C3CCN(Cc4ccncc4)CC3)CC2)cc1. The number of piperidine rings is 2. The minimum absolute atomic E-state index is 0.000288. The van der Waals surface area contributed by atoms with E-state index in [1.54, 1.807) is 0 Å². The summed E-state index contributed by atoms with van der Waals surface area (Å²) < 4.78 is 5.59. The van der Waals surface area contributed by atoms with Crippen molar-refractivity contribution in [3.05, 3.63) is 65.5 Å². The van der Waals surface area contributed by atoms with Crippen molar-refractivity contribution in [3.8, 4) is 0 Å². The van der Waals surface area contributed by atoms with Crippen molar-refractivity contribution in [2.24, 2.45) is 11.8 Å². The van der Waals surface area contributed by atoms with Gasteiger partial charge in [-0.05, 0) is 112 Å². The summed E-state index contributed by atoms with van der Waals surface area (Å²) >= 11 is 0. The van der Waals surface area contributed by atoms with Gasteiger partial charge in [0.05, 0.1) is 6.10 Å². The summed E-state index contributed by atoms with van der Waals surface area (Å²) in [4.78, 5) is 21.7. The van der Waals surface area contributed by atoms with Crippen LogP contribution in [0.25, 0.3) is 0 Å². The van der Waals surface area contributed by atoms with Crippen LogP contribution in [0.5, 0.6) is 0 Å². The van der Waals surface area contributed by atoms with E-state index in [1.807, 2.05) is 24.5 Å². The van der Waals surface area contributed by atoms with Gasteiger partial charge in [0.2, 0.25) is 0 Å². The number of hydrogen-bond acceptors (Lipinski definition) is 5. The number of ether oxygens (including phenoxy) is 1. The molecular weight excluding hydrogens is 436 g/mol. The van der Waals surface area contributed by atoms with Gasteiger partial charge in [0.25, 0.3) is 5.91 Å². The molecule has 3 saturated heterocycles. The van der Waals surface area contributed by atoms with Crippen LogP contribution in [-0.2, 0) is 17.8 Å². The minimum Gasteiger partial charge on any atom is -0.376 e. The fourth-order valence-corrected chi connectivity index (χ4v) is 6.04. The molecule has 3 aliphatic heterocycles. The van der Waals surface area contributed by atoms with E-state index in [0.29, 0.717) is 6.54 Å². The molecule has 0 radical (unpaired) electrons. The number of nitrogens with one attached hydrogen (secondary N) is 1. The van der Waals surface area contributed by atoms with E-state index in [9.17, 15) is 4.79 Å². The molecule has 1 amide bonds. The number of likely N-dealkylation sites (tertiary alicyclic amines) is 2. The average Bonchev–Trinajstić information content (AvgIpc) is 3.43. The fourth-order valence-electron chi connectivity index (χ4n) is 6.04. The van der Waals surface area contributed by atoms with Gasteiger partial charge in [-0.25, -0.2) is 0 Å². The van der Waals surface area contributed by atoms with Crippen molar-refractivity contribution >= 4 is 5.91 Å². The summed E-state index contributed by atoms with van der Waals surface area (Å²) in [7, 11) is 0. The topological polar surface area (TPSA) is 57.7 Å². The molecule has 0 aliphatic carbocycles. The Kier molecular flexibility index (Phi) is 8.45. The molecule has 3 fully saturated rings. The lowest BCUT2D eigenvalue weighted by Gasteiger charge is -2.40. The second-order valence-corrected chi connectivity index (χ2v) is 10.6. The zero-order valence-electron chi connectivity index (χ0n) is 20.9. The summed E-state index contributed by atoms with van der Waals surface area (Å²) in [6.07, 6.45) is 11.4. The molecule has 1 aromatic heterocycles. The van der Waals surface area contributed by atoms with E-state index in [2.05, 4.69) is 44.4 Å². The van der Waals surface area contributed by atoms with Gasteiger partial charge in [-0.1, -0.05) is 12.1 Å². The molecule has 188 valence electrons. The molecule has 0 saturated carbocycles. The van der Waals surface area contributed by atoms with Gasteiger partial charge in [-0.2, -0.15) is 0 Å². The van der Waals surface area contributed by atoms with Crippen LogP contribution in [0.4, 0.5) is 0 Å². The first kappa shape index (κ1) is 24.4. The number of aromatic nitrogens is 1. The molecule has 1 atom stereocenters. The Balaban J connectivity index is 1.01. The molecule has 1 unspecified atom stereocenters. The molecule has 0 spiro atoms. The Morgan fingerprint density at radius 3 is 1.94 bits per heavy atom. The van der Waals surface area contributed by atoms with E-state index in [0.717, 1.165) is 49.9 Å². The third-order valence-corrected chi connectivity index (χ3v) is 8.22. The maximum Gasteiger partial charge on any atom is 0.251 e. The number of pyridine rings is 1. The van der Waals surface area contributed by atoms with E-state index < -0.39 is 0 Å². The van der Waals surface area contributed by atoms with Crippen molar-refractivity contribution in [3.63, 3.8) is 0 Å². The second-order valence-electron chi connectivity index (χ2n) is 10.6. The molecule has 2 aromatic rings. The molecule has 0 bridgehead atoms. The minimum atomic E-state index is -0.000288. The van der Waals surface area contributed by atoms with E-state index in [1.165, 1.54) is 63.0 Å². The fraction of sp³-hybridized carbons (Fsp3) is 0.586. The molecule has 1 aromatic carbocycles. The molecule has 1 N–H and O–H groups in total. The number of amides is 1. The Bertz CT molecular complexity index is 913. The number of nitrogens with zero attached hydrogens (tertiary/aromatic N) is 3. The predicted molar refractivity (Wildman–Crippen MR) is 138 cm³/mol. The van der Waals surface area contributed by atoms with Crippen LogP contribution < -0.4 is 5.32 Å². The van der Waals surface area contributed by atoms with E-state index >= 15 is 0 Å². The van der Waals surface area contributed by atoms with Crippen LogP contribution in [0.1, 0.15) is 60.0 Å². The molecule has 3 aliphatic rings. The van der Waals surface area contributed by atoms with Crippen molar-refractivity contribution in [2.75, 3.05) is 39.3 Å². The zero-order valence-corrected chi connectivity index (χ0v) is 20.9. The van der Waals surface area contributed by atoms with Gasteiger partial charge in [0, 0.05) is 44.2 Å². The third kappa shape index (κ3) is 6.90. The summed E-state index contributed by atoms with van der Waals surface area (Å²) in [6, 6.07) is 12.4. The van der Waals surface area contributed by atoms with Crippen molar-refractivity contribution in [1.29, 1.82) is 0 Å². The summed E-state index contributed by atoms with van der Waals surface area (Å²) in [5, 5.41) is 3.01. The Morgan fingerprint density at radius 2 is 1.40 bits per heavy atom.